The zero-order valence-electron chi connectivity index (χ0n) is 23.9. The number of amides is 1. The molecule has 0 radical (unpaired) electrons. The maximum absolute atomic E-state index is 13.4. The van der Waals surface area contributed by atoms with Crippen molar-refractivity contribution in [3.63, 3.8) is 0 Å². The summed E-state index contributed by atoms with van der Waals surface area (Å²) in [6.45, 7) is 9.53. The van der Waals surface area contributed by atoms with Gasteiger partial charge in [-0.05, 0) is 69.2 Å². The lowest BCUT2D eigenvalue weighted by Crippen LogP contribution is -2.44. The van der Waals surface area contributed by atoms with E-state index < -0.39 is 11.4 Å². The molecule has 0 spiro atoms. The first-order valence-corrected chi connectivity index (χ1v) is 14.2. The standard InChI is InChI=1S/C31H37N5O4/c1-18-27(33-25-15-21(29(37)38)16-26(40-5)36(18)25)24-14-20-11-12-22(32-28(20)35(24)17-19-9-10-19)23-8-6-7-13-34(23)30(39)31(2,3)4/h11-12,14-16,19,23H,6-10,13,17H2,1-5H3,(H,37,38). The lowest BCUT2D eigenvalue weighted by atomic mass is 9.90. The second-order valence-corrected chi connectivity index (χ2v) is 12.3. The number of aromatic nitrogens is 4. The van der Waals surface area contributed by atoms with Gasteiger partial charge in [0.05, 0.1) is 35.8 Å². The van der Waals surface area contributed by atoms with Crippen LogP contribution >= 0.6 is 0 Å². The van der Waals surface area contributed by atoms with Crippen molar-refractivity contribution in [1.82, 2.24) is 23.8 Å². The molecule has 1 aliphatic heterocycles. The highest BCUT2D eigenvalue weighted by molar-refractivity contribution is 5.90. The Morgan fingerprint density at radius 1 is 1.07 bits per heavy atom. The fourth-order valence-electron chi connectivity index (χ4n) is 5.97. The molecular weight excluding hydrogens is 506 g/mol. The predicted octanol–water partition coefficient (Wildman–Crippen LogP) is 5.88. The van der Waals surface area contributed by atoms with Crippen molar-refractivity contribution in [2.45, 2.75) is 72.4 Å². The van der Waals surface area contributed by atoms with Crippen LogP contribution in [-0.4, -0.2) is 54.5 Å². The number of ether oxygens (including phenoxy) is 1. The molecule has 4 aromatic heterocycles. The van der Waals surface area contributed by atoms with E-state index in [0.29, 0.717) is 17.4 Å². The van der Waals surface area contributed by atoms with Crippen LogP contribution in [0, 0.1) is 18.3 Å². The number of rotatable bonds is 6. The summed E-state index contributed by atoms with van der Waals surface area (Å²) in [7, 11) is 1.54. The molecule has 5 heterocycles. The van der Waals surface area contributed by atoms with Crippen LogP contribution in [0.2, 0.25) is 0 Å². The Kier molecular flexibility index (Phi) is 6.35. The van der Waals surface area contributed by atoms with Gasteiger partial charge in [-0.1, -0.05) is 20.8 Å². The molecule has 6 rings (SSSR count). The van der Waals surface area contributed by atoms with Crippen LogP contribution in [0.3, 0.4) is 0 Å². The number of fused-ring (bicyclic) bond motifs is 2. The normalized spacial score (nSPS) is 18.0. The van der Waals surface area contributed by atoms with Crippen LogP contribution in [0.15, 0.2) is 30.3 Å². The molecule has 0 aromatic carbocycles. The number of imidazole rings is 1. The smallest absolute Gasteiger partial charge is 0.336 e. The second-order valence-electron chi connectivity index (χ2n) is 12.3. The summed E-state index contributed by atoms with van der Waals surface area (Å²) < 4.78 is 9.69. The summed E-state index contributed by atoms with van der Waals surface area (Å²) in [6.07, 6.45) is 5.38. The predicted molar refractivity (Wildman–Crippen MR) is 153 cm³/mol. The number of hydrogen-bond donors (Lipinski definition) is 1. The van der Waals surface area contributed by atoms with E-state index >= 15 is 0 Å². The Labute approximate surface area is 233 Å². The van der Waals surface area contributed by atoms with Crippen LogP contribution in [-0.2, 0) is 11.3 Å². The minimum Gasteiger partial charge on any atom is -0.482 e. The van der Waals surface area contributed by atoms with Crippen molar-refractivity contribution in [2.75, 3.05) is 13.7 Å². The Morgan fingerprint density at radius 2 is 1.85 bits per heavy atom. The number of piperidine rings is 1. The number of methoxy groups -OCH3 is 1. The highest BCUT2D eigenvalue weighted by Gasteiger charge is 2.35. The quantitative estimate of drug-likeness (QED) is 0.326. The van der Waals surface area contributed by atoms with E-state index in [2.05, 4.69) is 22.8 Å². The molecule has 1 unspecified atom stereocenters. The third kappa shape index (κ3) is 4.51. The highest BCUT2D eigenvalue weighted by Crippen LogP contribution is 2.39. The van der Waals surface area contributed by atoms with E-state index in [-0.39, 0.29) is 17.5 Å². The molecule has 1 saturated heterocycles. The molecule has 4 aromatic rings. The summed E-state index contributed by atoms with van der Waals surface area (Å²) in [5.41, 5.74) is 4.67. The van der Waals surface area contributed by atoms with Crippen LogP contribution in [0.25, 0.3) is 28.1 Å². The minimum absolute atomic E-state index is 0.0340. The van der Waals surface area contributed by atoms with Gasteiger partial charge in [-0.15, -0.1) is 0 Å². The molecule has 9 heteroatoms. The van der Waals surface area contributed by atoms with Crippen molar-refractivity contribution in [2.24, 2.45) is 11.3 Å². The second kappa shape index (κ2) is 9.64. The zero-order chi connectivity index (χ0) is 28.3. The van der Waals surface area contributed by atoms with E-state index in [1.54, 1.807) is 6.07 Å². The molecule has 40 heavy (non-hydrogen) atoms. The number of likely N-dealkylation sites (tertiary alicyclic amines) is 1. The SMILES string of the molecule is COc1cc(C(=O)O)cc2nc(-c3cc4ccc(C5CCCCN5C(=O)C(C)(C)C)nc4n3CC3CC3)c(C)n12. The van der Waals surface area contributed by atoms with Crippen molar-refractivity contribution in [3.05, 3.63) is 47.3 Å². The highest BCUT2D eigenvalue weighted by atomic mass is 16.5. The fraction of sp³-hybridized carbons (Fsp3) is 0.484. The van der Waals surface area contributed by atoms with Gasteiger partial charge in [-0.2, -0.15) is 0 Å². The van der Waals surface area contributed by atoms with Crippen molar-refractivity contribution >= 4 is 28.6 Å². The Balaban J connectivity index is 1.49. The van der Waals surface area contributed by atoms with Gasteiger partial charge in [0.2, 0.25) is 5.91 Å². The Morgan fingerprint density at radius 3 is 2.52 bits per heavy atom. The molecule has 1 N–H and O–H groups in total. The van der Waals surface area contributed by atoms with Crippen molar-refractivity contribution in [1.29, 1.82) is 0 Å². The molecule has 1 saturated carbocycles. The first-order chi connectivity index (χ1) is 19.1. The van der Waals surface area contributed by atoms with Gasteiger partial charge in [-0.25, -0.2) is 14.8 Å². The van der Waals surface area contributed by atoms with E-state index in [1.807, 2.05) is 37.0 Å². The van der Waals surface area contributed by atoms with E-state index in [1.165, 1.54) is 26.0 Å². The largest absolute Gasteiger partial charge is 0.482 e. The summed E-state index contributed by atoms with van der Waals surface area (Å²) >= 11 is 0. The molecule has 1 atom stereocenters. The summed E-state index contributed by atoms with van der Waals surface area (Å²) in [6, 6.07) is 9.39. The van der Waals surface area contributed by atoms with Gasteiger partial charge < -0.3 is 19.3 Å². The molecular formula is C31H37N5O4. The molecule has 9 nitrogen and oxygen atoms in total. The number of aromatic carboxylic acids is 1. The molecule has 2 fully saturated rings. The van der Waals surface area contributed by atoms with E-state index in [0.717, 1.165) is 66.2 Å². The number of pyridine rings is 2. The minimum atomic E-state index is -1.02. The number of carbonyl (C=O) groups excluding carboxylic acids is 1. The number of carboxylic acids is 1. The monoisotopic (exact) mass is 543 g/mol. The van der Waals surface area contributed by atoms with Crippen LogP contribution in [0.1, 0.15) is 80.7 Å². The van der Waals surface area contributed by atoms with Gasteiger partial charge in [0.25, 0.3) is 0 Å². The topological polar surface area (TPSA) is 102 Å². The van der Waals surface area contributed by atoms with E-state index in [9.17, 15) is 14.7 Å². The summed E-state index contributed by atoms with van der Waals surface area (Å²) in [5, 5.41) is 10.6. The number of hydrogen-bond acceptors (Lipinski definition) is 5. The van der Waals surface area contributed by atoms with Gasteiger partial charge in [0, 0.05) is 30.0 Å². The van der Waals surface area contributed by atoms with Crippen molar-refractivity contribution < 1.29 is 19.4 Å². The third-order valence-electron chi connectivity index (χ3n) is 8.27. The van der Waals surface area contributed by atoms with Gasteiger partial charge in [0.1, 0.15) is 17.0 Å². The first kappa shape index (κ1) is 26.3. The number of nitrogens with zero attached hydrogens (tertiary/aromatic N) is 5. The molecule has 0 bridgehead atoms. The van der Waals surface area contributed by atoms with Gasteiger partial charge in [-0.3, -0.25) is 9.20 Å². The number of carbonyl (C=O) groups is 2. The Hall–Kier alpha value is -3.88. The van der Waals surface area contributed by atoms with Gasteiger partial charge >= 0.3 is 5.97 Å². The maximum atomic E-state index is 13.4. The number of aryl methyl sites for hydroxylation is 1. The van der Waals surface area contributed by atoms with Gasteiger partial charge in [0.15, 0.2) is 5.88 Å². The molecule has 1 amide bonds. The van der Waals surface area contributed by atoms with E-state index in [4.69, 9.17) is 14.7 Å². The molecule has 1 aliphatic carbocycles. The molecule has 2 aliphatic rings. The fourth-order valence-corrected chi connectivity index (χ4v) is 5.97. The summed E-state index contributed by atoms with van der Waals surface area (Å²) in [5.74, 6) is 0.170. The first-order valence-electron chi connectivity index (χ1n) is 14.2. The zero-order valence-corrected chi connectivity index (χ0v) is 23.9. The average Bonchev–Trinajstić information content (AvgIpc) is 3.60. The lowest BCUT2D eigenvalue weighted by molar-refractivity contribution is -0.143. The number of carboxylic acid groups (broad SMARTS) is 1. The van der Waals surface area contributed by atoms with Crippen LogP contribution in [0.5, 0.6) is 5.88 Å². The lowest BCUT2D eigenvalue weighted by Gasteiger charge is -2.39. The molecule has 210 valence electrons. The van der Waals surface area contributed by atoms with Crippen LogP contribution in [0.4, 0.5) is 0 Å². The summed E-state index contributed by atoms with van der Waals surface area (Å²) in [4.78, 5) is 37.3. The Bertz CT molecular complexity index is 1640. The van der Waals surface area contributed by atoms with Crippen LogP contribution < -0.4 is 4.74 Å². The average molecular weight is 544 g/mol. The van der Waals surface area contributed by atoms with Crippen molar-refractivity contribution in [3.8, 4) is 17.3 Å². The third-order valence-corrected chi connectivity index (χ3v) is 8.27. The maximum Gasteiger partial charge on any atom is 0.336 e.